The molecular formula is C14H18N4. The van der Waals surface area contributed by atoms with Gasteiger partial charge >= 0.3 is 0 Å². The molecule has 0 atom stereocenters. The Morgan fingerprint density at radius 3 is 2.94 bits per heavy atom. The maximum Gasteiger partial charge on any atom is 0.203 e. The molecule has 94 valence electrons. The van der Waals surface area contributed by atoms with Crippen molar-refractivity contribution in [1.82, 2.24) is 14.5 Å². The summed E-state index contributed by atoms with van der Waals surface area (Å²) in [5.41, 5.74) is 3.57. The molecule has 1 fully saturated rings. The fourth-order valence-corrected chi connectivity index (χ4v) is 2.04. The van der Waals surface area contributed by atoms with Crippen molar-refractivity contribution in [2.24, 2.45) is 0 Å². The molecular weight excluding hydrogens is 224 g/mol. The molecule has 1 aliphatic rings. The number of nitrogens with one attached hydrogen (secondary N) is 1. The zero-order valence-corrected chi connectivity index (χ0v) is 10.8. The minimum Gasteiger partial charge on any atom is -0.353 e. The monoisotopic (exact) mass is 242 g/mol. The van der Waals surface area contributed by atoms with Crippen LogP contribution in [0.3, 0.4) is 0 Å². The van der Waals surface area contributed by atoms with E-state index in [1.165, 1.54) is 24.0 Å². The van der Waals surface area contributed by atoms with E-state index >= 15 is 0 Å². The minimum atomic E-state index is 0.626. The summed E-state index contributed by atoms with van der Waals surface area (Å²) in [5, 5.41) is 3.48. The third-order valence-electron chi connectivity index (χ3n) is 3.30. The Morgan fingerprint density at radius 2 is 2.22 bits per heavy atom. The molecule has 0 aromatic carbocycles. The van der Waals surface area contributed by atoms with E-state index in [0.29, 0.717) is 6.04 Å². The first kappa shape index (κ1) is 11.3. The maximum absolute atomic E-state index is 4.55. The Hall–Kier alpha value is -1.84. The SMILES string of the molecule is Cc1cn(Cc2cnccc2C)c(NC2CC2)n1. The van der Waals surface area contributed by atoms with Crippen molar-refractivity contribution in [2.75, 3.05) is 5.32 Å². The molecule has 0 saturated heterocycles. The molecule has 4 heteroatoms. The van der Waals surface area contributed by atoms with Gasteiger partial charge in [0.2, 0.25) is 5.95 Å². The van der Waals surface area contributed by atoms with Crippen LogP contribution in [0.1, 0.15) is 29.7 Å². The average Bonchev–Trinajstić information content (AvgIpc) is 3.07. The Morgan fingerprint density at radius 1 is 1.39 bits per heavy atom. The lowest BCUT2D eigenvalue weighted by atomic mass is 10.1. The number of rotatable bonds is 4. The average molecular weight is 242 g/mol. The number of hydrogen-bond donors (Lipinski definition) is 1. The van der Waals surface area contributed by atoms with Gasteiger partial charge in [-0.1, -0.05) is 0 Å². The van der Waals surface area contributed by atoms with Crippen LogP contribution in [0, 0.1) is 13.8 Å². The molecule has 4 nitrogen and oxygen atoms in total. The van der Waals surface area contributed by atoms with Gasteiger partial charge in [-0.15, -0.1) is 0 Å². The van der Waals surface area contributed by atoms with Crippen LogP contribution in [0.25, 0.3) is 0 Å². The van der Waals surface area contributed by atoms with Gasteiger partial charge in [-0.25, -0.2) is 4.98 Å². The van der Waals surface area contributed by atoms with Crippen LogP contribution in [0.15, 0.2) is 24.7 Å². The van der Waals surface area contributed by atoms with E-state index in [1.807, 2.05) is 25.4 Å². The molecule has 2 heterocycles. The van der Waals surface area contributed by atoms with Crippen molar-refractivity contribution in [3.05, 3.63) is 41.5 Å². The first-order valence-electron chi connectivity index (χ1n) is 6.42. The van der Waals surface area contributed by atoms with Crippen LogP contribution < -0.4 is 5.32 Å². The van der Waals surface area contributed by atoms with Crippen LogP contribution in [0.5, 0.6) is 0 Å². The highest BCUT2D eigenvalue weighted by molar-refractivity contribution is 5.34. The first-order valence-corrected chi connectivity index (χ1v) is 6.42. The van der Waals surface area contributed by atoms with E-state index in [1.54, 1.807) is 0 Å². The second kappa shape index (κ2) is 4.44. The highest BCUT2D eigenvalue weighted by Crippen LogP contribution is 2.24. The number of anilines is 1. The van der Waals surface area contributed by atoms with E-state index in [-0.39, 0.29) is 0 Å². The molecule has 0 amide bonds. The topological polar surface area (TPSA) is 42.7 Å². The molecule has 2 aromatic heterocycles. The van der Waals surface area contributed by atoms with Gasteiger partial charge in [0.25, 0.3) is 0 Å². The van der Waals surface area contributed by atoms with Gasteiger partial charge in [-0.05, 0) is 43.9 Å². The highest BCUT2D eigenvalue weighted by Gasteiger charge is 2.23. The summed E-state index contributed by atoms with van der Waals surface area (Å²) in [6.45, 7) is 4.98. The van der Waals surface area contributed by atoms with Crippen molar-refractivity contribution in [3.8, 4) is 0 Å². The smallest absolute Gasteiger partial charge is 0.203 e. The van der Waals surface area contributed by atoms with Crippen LogP contribution in [-0.2, 0) is 6.54 Å². The largest absolute Gasteiger partial charge is 0.353 e. The number of pyridine rings is 1. The second-order valence-corrected chi connectivity index (χ2v) is 5.05. The molecule has 2 aromatic rings. The van der Waals surface area contributed by atoms with Gasteiger partial charge in [-0.3, -0.25) is 4.98 Å². The van der Waals surface area contributed by atoms with Crippen molar-refractivity contribution in [2.45, 2.75) is 39.3 Å². The standard InChI is InChI=1S/C14H18N4/c1-10-5-6-15-7-12(10)9-18-8-11(2)16-14(18)17-13-3-4-13/h5-8,13H,3-4,9H2,1-2H3,(H,16,17). The molecule has 1 saturated carbocycles. The van der Waals surface area contributed by atoms with Crippen molar-refractivity contribution in [1.29, 1.82) is 0 Å². The second-order valence-electron chi connectivity index (χ2n) is 5.05. The fourth-order valence-electron chi connectivity index (χ4n) is 2.04. The lowest BCUT2D eigenvalue weighted by molar-refractivity contribution is 0.787. The molecule has 0 aliphatic heterocycles. The van der Waals surface area contributed by atoms with Gasteiger partial charge < -0.3 is 9.88 Å². The fraction of sp³-hybridized carbons (Fsp3) is 0.429. The van der Waals surface area contributed by atoms with E-state index in [9.17, 15) is 0 Å². The number of nitrogens with zero attached hydrogens (tertiary/aromatic N) is 3. The molecule has 0 unspecified atom stereocenters. The normalized spacial score (nSPS) is 14.8. The quantitative estimate of drug-likeness (QED) is 0.895. The van der Waals surface area contributed by atoms with Gasteiger partial charge in [0.15, 0.2) is 0 Å². The Kier molecular flexibility index (Phi) is 2.78. The van der Waals surface area contributed by atoms with E-state index in [4.69, 9.17) is 0 Å². The molecule has 0 bridgehead atoms. The van der Waals surface area contributed by atoms with E-state index in [0.717, 1.165) is 18.2 Å². The molecule has 0 radical (unpaired) electrons. The molecule has 3 rings (SSSR count). The van der Waals surface area contributed by atoms with Gasteiger partial charge in [0.1, 0.15) is 0 Å². The van der Waals surface area contributed by atoms with Crippen LogP contribution in [-0.4, -0.2) is 20.6 Å². The minimum absolute atomic E-state index is 0.626. The lowest BCUT2D eigenvalue weighted by Gasteiger charge is -2.10. The zero-order valence-electron chi connectivity index (χ0n) is 10.8. The summed E-state index contributed by atoms with van der Waals surface area (Å²) in [7, 11) is 0. The molecule has 1 aliphatic carbocycles. The summed E-state index contributed by atoms with van der Waals surface area (Å²) in [6.07, 6.45) is 8.39. The van der Waals surface area contributed by atoms with Crippen LogP contribution >= 0.6 is 0 Å². The summed E-state index contributed by atoms with van der Waals surface area (Å²) in [5.74, 6) is 0.984. The maximum atomic E-state index is 4.55. The van der Waals surface area contributed by atoms with Crippen molar-refractivity contribution in [3.63, 3.8) is 0 Å². The summed E-state index contributed by atoms with van der Waals surface area (Å²) in [6, 6.07) is 2.67. The summed E-state index contributed by atoms with van der Waals surface area (Å²) < 4.78 is 2.18. The Balaban J connectivity index is 1.85. The third-order valence-corrected chi connectivity index (χ3v) is 3.30. The summed E-state index contributed by atoms with van der Waals surface area (Å²) >= 11 is 0. The number of aromatic nitrogens is 3. The predicted molar refractivity (Wildman–Crippen MR) is 71.7 cm³/mol. The zero-order chi connectivity index (χ0) is 12.5. The third kappa shape index (κ3) is 2.37. The number of aryl methyl sites for hydroxylation is 2. The van der Waals surface area contributed by atoms with Gasteiger partial charge in [0, 0.05) is 24.6 Å². The van der Waals surface area contributed by atoms with E-state index in [2.05, 4.69) is 33.0 Å². The number of imidazole rings is 1. The van der Waals surface area contributed by atoms with Gasteiger partial charge in [-0.2, -0.15) is 0 Å². The molecule has 18 heavy (non-hydrogen) atoms. The summed E-state index contributed by atoms with van der Waals surface area (Å²) in [4.78, 5) is 8.75. The Bertz CT molecular complexity index is 555. The Labute approximate surface area is 107 Å². The van der Waals surface area contributed by atoms with Gasteiger partial charge in [0.05, 0.1) is 12.2 Å². The highest BCUT2D eigenvalue weighted by atomic mass is 15.2. The van der Waals surface area contributed by atoms with Crippen LogP contribution in [0.2, 0.25) is 0 Å². The number of hydrogen-bond acceptors (Lipinski definition) is 3. The predicted octanol–water partition coefficient (Wildman–Crippen LogP) is 2.52. The van der Waals surface area contributed by atoms with Crippen molar-refractivity contribution < 1.29 is 0 Å². The lowest BCUT2D eigenvalue weighted by Crippen LogP contribution is -2.10. The van der Waals surface area contributed by atoms with Crippen molar-refractivity contribution >= 4 is 5.95 Å². The first-order chi connectivity index (χ1) is 8.72. The van der Waals surface area contributed by atoms with Crippen LogP contribution in [0.4, 0.5) is 5.95 Å². The molecule has 1 N–H and O–H groups in total. The van der Waals surface area contributed by atoms with E-state index < -0.39 is 0 Å². The molecule has 0 spiro atoms.